The molecule has 0 bridgehead atoms. The lowest BCUT2D eigenvalue weighted by Crippen LogP contribution is -2.60. The summed E-state index contributed by atoms with van der Waals surface area (Å²) in [6.45, 7) is 37.2. The van der Waals surface area contributed by atoms with Crippen molar-refractivity contribution in [1.29, 1.82) is 0 Å². The van der Waals surface area contributed by atoms with Gasteiger partial charge in [0.15, 0.2) is 0 Å². The number of nitrogens with zero attached hydrogens (tertiary/aromatic N) is 2. The fourth-order valence-corrected chi connectivity index (χ4v) is 16.0. The smallest absolute Gasteiger partial charge is 0.264 e. The molecule has 5 aromatic carbocycles. The maximum atomic E-state index is 2.83. The Morgan fingerprint density at radius 1 is 0.486 bits per heavy atom. The Labute approximate surface area is 427 Å². The molecule has 364 valence electrons. The molecule has 0 spiro atoms. The zero-order valence-electron chi connectivity index (χ0n) is 45.7. The molecular formula is C66H81BN2S. The topological polar surface area (TPSA) is 6.48 Å². The van der Waals surface area contributed by atoms with Gasteiger partial charge in [-0.25, -0.2) is 0 Å². The van der Waals surface area contributed by atoms with Crippen molar-refractivity contribution < 1.29 is 0 Å². The maximum absolute atomic E-state index is 2.83. The SMILES string of the molecule is CC(C)(C)c1ccc2c(c1)N(c1ccc3c(c1)C(C)(C)CCC3(C)C)c1cc(C3CCCCC3)cc3c1B2c1sc2cc4c(cc2c1N3c1ccc2c(c1)C(C)(C)CCC2(C)C)C(C)(C)CCC4(C)C. The highest BCUT2D eigenvalue weighted by molar-refractivity contribution is 7.33. The van der Waals surface area contributed by atoms with Gasteiger partial charge in [-0.3, -0.25) is 0 Å². The molecule has 3 heterocycles. The molecule has 6 aliphatic rings. The molecule has 4 heteroatoms. The number of thiophene rings is 1. The van der Waals surface area contributed by atoms with Gasteiger partial charge in [-0.05, 0) is 205 Å². The second-order valence-electron chi connectivity index (χ2n) is 28.4. The Bertz CT molecular complexity index is 3160. The van der Waals surface area contributed by atoms with Crippen LogP contribution in [-0.4, -0.2) is 6.71 Å². The summed E-state index contributed by atoms with van der Waals surface area (Å²) < 4.78 is 2.94. The largest absolute Gasteiger partial charge is 0.311 e. The Morgan fingerprint density at radius 3 is 1.49 bits per heavy atom. The Hall–Kier alpha value is -4.28. The number of hydrogen-bond donors (Lipinski definition) is 0. The van der Waals surface area contributed by atoms with Gasteiger partial charge in [-0.2, -0.15) is 0 Å². The zero-order chi connectivity index (χ0) is 49.5. The van der Waals surface area contributed by atoms with E-state index in [1.807, 2.05) is 0 Å². The van der Waals surface area contributed by atoms with E-state index >= 15 is 0 Å². The van der Waals surface area contributed by atoms with E-state index in [1.165, 1.54) is 164 Å². The van der Waals surface area contributed by atoms with Crippen LogP contribution in [-0.2, 0) is 37.9 Å². The highest BCUT2D eigenvalue weighted by Crippen LogP contribution is 2.56. The van der Waals surface area contributed by atoms with Gasteiger partial charge in [-0.1, -0.05) is 147 Å². The first-order valence-electron chi connectivity index (χ1n) is 27.6. The molecular weight excluding hydrogens is 864 g/mol. The first-order valence-corrected chi connectivity index (χ1v) is 28.4. The molecule has 0 amide bonds. The van der Waals surface area contributed by atoms with Crippen LogP contribution in [0.25, 0.3) is 10.1 Å². The minimum Gasteiger partial charge on any atom is -0.311 e. The summed E-state index contributed by atoms with van der Waals surface area (Å²) in [4.78, 5) is 5.59. The van der Waals surface area contributed by atoms with Crippen LogP contribution in [0.15, 0.2) is 78.9 Å². The molecule has 2 aliphatic heterocycles. The average molecular weight is 945 g/mol. The van der Waals surface area contributed by atoms with Gasteiger partial charge in [0.2, 0.25) is 0 Å². The monoisotopic (exact) mass is 945 g/mol. The van der Waals surface area contributed by atoms with E-state index < -0.39 is 0 Å². The van der Waals surface area contributed by atoms with E-state index in [4.69, 9.17) is 0 Å². The number of benzene rings is 5. The molecule has 12 rings (SSSR count). The van der Waals surface area contributed by atoms with E-state index in [1.54, 1.807) is 11.1 Å². The van der Waals surface area contributed by atoms with Gasteiger partial charge in [0.25, 0.3) is 6.71 Å². The van der Waals surface area contributed by atoms with Gasteiger partial charge in [0.1, 0.15) is 0 Å². The van der Waals surface area contributed by atoms with E-state index in [0.717, 1.165) is 0 Å². The third-order valence-corrected chi connectivity index (χ3v) is 21.0. The molecule has 6 aromatic rings. The molecule has 4 aliphatic carbocycles. The fourth-order valence-electron chi connectivity index (χ4n) is 14.7. The van der Waals surface area contributed by atoms with Crippen molar-refractivity contribution in [1.82, 2.24) is 0 Å². The van der Waals surface area contributed by atoms with Crippen molar-refractivity contribution in [2.45, 2.75) is 218 Å². The summed E-state index contributed by atoms with van der Waals surface area (Å²) in [5.74, 6) is 0.543. The van der Waals surface area contributed by atoms with Crippen LogP contribution in [0.5, 0.6) is 0 Å². The van der Waals surface area contributed by atoms with Gasteiger partial charge < -0.3 is 9.80 Å². The van der Waals surface area contributed by atoms with Gasteiger partial charge in [0.05, 0.1) is 5.69 Å². The molecule has 0 atom stereocenters. The highest BCUT2D eigenvalue weighted by Gasteiger charge is 2.48. The lowest BCUT2D eigenvalue weighted by molar-refractivity contribution is 0.332. The van der Waals surface area contributed by atoms with Crippen LogP contribution in [0.4, 0.5) is 34.1 Å². The van der Waals surface area contributed by atoms with E-state index in [9.17, 15) is 0 Å². The standard InChI is InChI=1S/C66H81BN2S/c1-60(2,3)42-21-26-52-53(35-42)68(43-22-24-46-48(36-43)63(8,9)29-27-61(46,4)5)54-33-41(40-19-17-16-18-20-40)34-55-57(54)67(52)59-58(45-38-50-51(39-56(45)70-59)66(14,15)32-31-65(50,12)13)69(55)44-23-25-47-49(37-44)64(10,11)30-28-62(47,6)7/h21-26,33-40H,16-20,27-32H2,1-15H3. The number of fused-ring (bicyclic) bond motifs is 9. The molecule has 1 saturated carbocycles. The summed E-state index contributed by atoms with van der Waals surface area (Å²) in [5.41, 5.74) is 24.0. The van der Waals surface area contributed by atoms with Crippen molar-refractivity contribution in [2.75, 3.05) is 9.80 Å². The van der Waals surface area contributed by atoms with Crippen LogP contribution >= 0.6 is 11.3 Å². The second kappa shape index (κ2) is 15.1. The normalized spacial score (nSPS) is 22.1. The summed E-state index contributed by atoms with van der Waals surface area (Å²) in [6, 6.07) is 33.8. The Balaban J connectivity index is 1.22. The summed E-state index contributed by atoms with van der Waals surface area (Å²) >= 11 is 2.10. The van der Waals surface area contributed by atoms with E-state index in [-0.39, 0.29) is 44.6 Å². The molecule has 1 aromatic heterocycles. The van der Waals surface area contributed by atoms with Crippen LogP contribution in [0.3, 0.4) is 0 Å². The van der Waals surface area contributed by atoms with Crippen LogP contribution in [0.1, 0.15) is 225 Å². The molecule has 1 fully saturated rings. The van der Waals surface area contributed by atoms with Crippen LogP contribution in [0.2, 0.25) is 0 Å². The van der Waals surface area contributed by atoms with Crippen LogP contribution in [0, 0.1) is 0 Å². The lowest BCUT2D eigenvalue weighted by Gasteiger charge is -2.46. The first-order chi connectivity index (χ1) is 32.8. The molecule has 0 N–H and O–H groups in total. The molecule has 0 unspecified atom stereocenters. The minimum atomic E-state index is -0.00242. The van der Waals surface area contributed by atoms with Gasteiger partial charge in [-0.15, -0.1) is 11.3 Å². The molecule has 2 nitrogen and oxygen atoms in total. The number of anilines is 6. The average Bonchev–Trinajstić information content (AvgIpc) is 3.68. The zero-order valence-corrected chi connectivity index (χ0v) is 46.6. The predicted molar refractivity (Wildman–Crippen MR) is 306 cm³/mol. The van der Waals surface area contributed by atoms with Crippen molar-refractivity contribution in [3.05, 3.63) is 123 Å². The number of hydrogen-bond acceptors (Lipinski definition) is 3. The van der Waals surface area contributed by atoms with E-state index in [2.05, 4.69) is 204 Å². The van der Waals surface area contributed by atoms with E-state index in [0.29, 0.717) is 5.92 Å². The lowest BCUT2D eigenvalue weighted by atomic mass is 9.36. The summed E-state index contributed by atoms with van der Waals surface area (Å²) in [6.07, 6.45) is 13.8. The minimum absolute atomic E-state index is 0.00242. The molecule has 0 saturated heterocycles. The quantitative estimate of drug-likeness (QED) is 0.163. The van der Waals surface area contributed by atoms with Crippen molar-refractivity contribution in [3.8, 4) is 0 Å². The first kappa shape index (κ1) is 46.8. The maximum Gasteiger partial charge on any atom is 0.264 e. The highest BCUT2D eigenvalue weighted by atomic mass is 32.1. The van der Waals surface area contributed by atoms with Crippen molar-refractivity contribution in [3.63, 3.8) is 0 Å². The van der Waals surface area contributed by atoms with Crippen molar-refractivity contribution >= 4 is 78.0 Å². The predicted octanol–water partition coefficient (Wildman–Crippen LogP) is 17.4. The van der Waals surface area contributed by atoms with Gasteiger partial charge >= 0.3 is 0 Å². The van der Waals surface area contributed by atoms with Crippen LogP contribution < -0.4 is 25.5 Å². The third-order valence-electron chi connectivity index (χ3n) is 19.8. The summed E-state index contributed by atoms with van der Waals surface area (Å²) in [5, 5.41) is 1.44. The Morgan fingerprint density at radius 2 is 0.957 bits per heavy atom. The summed E-state index contributed by atoms with van der Waals surface area (Å²) in [7, 11) is 0. The number of rotatable bonds is 3. The van der Waals surface area contributed by atoms with Gasteiger partial charge in [0, 0.05) is 43.3 Å². The molecule has 70 heavy (non-hydrogen) atoms. The fraction of sp³-hybridized carbons (Fsp3) is 0.515. The third kappa shape index (κ3) is 6.97. The van der Waals surface area contributed by atoms with Crippen molar-refractivity contribution in [2.24, 2.45) is 0 Å². The Kier molecular flexibility index (Phi) is 10.1. The second-order valence-corrected chi connectivity index (χ2v) is 29.5. The molecule has 0 radical (unpaired) electrons.